The van der Waals surface area contributed by atoms with Crippen LogP contribution in [0.5, 0.6) is 0 Å². The fourth-order valence-electron chi connectivity index (χ4n) is 0.988. The molecule has 0 bridgehead atoms. The van der Waals surface area contributed by atoms with Gasteiger partial charge in [-0.15, -0.1) is 11.3 Å². The van der Waals surface area contributed by atoms with Gasteiger partial charge in [0.05, 0.1) is 10.8 Å². The van der Waals surface area contributed by atoms with E-state index in [0.29, 0.717) is 11.3 Å². The maximum absolute atomic E-state index is 11.8. The second kappa shape index (κ2) is 5.82. The molecule has 0 fully saturated rings. The van der Waals surface area contributed by atoms with Crippen molar-refractivity contribution >= 4 is 44.6 Å². The van der Waals surface area contributed by atoms with Crippen LogP contribution < -0.4 is 4.72 Å². The number of halogens is 1. The molecular formula is C8H9ClN2O6S2. The van der Waals surface area contributed by atoms with Gasteiger partial charge in [-0.1, -0.05) is 18.5 Å². The molecule has 1 aromatic rings. The quantitative estimate of drug-likeness (QED) is 0.598. The van der Waals surface area contributed by atoms with Gasteiger partial charge >= 0.3 is 5.97 Å². The van der Waals surface area contributed by atoms with Crippen molar-refractivity contribution in [2.45, 2.75) is 11.1 Å². The number of nitrogens with zero attached hydrogens (tertiary/aromatic N) is 1. The van der Waals surface area contributed by atoms with Crippen LogP contribution in [0.2, 0.25) is 4.34 Å². The highest BCUT2D eigenvalue weighted by Gasteiger charge is 2.26. The molecule has 0 saturated carbocycles. The Balaban J connectivity index is 2.92. The van der Waals surface area contributed by atoms with Gasteiger partial charge in [-0.2, -0.15) is 0 Å². The maximum Gasteiger partial charge on any atom is 0.307 e. The number of hydrogen-bond acceptors (Lipinski definition) is 6. The Morgan fingerprint density at radius 3 is 2.68 bits per heavy atom. The summed E-state index contributed by atoms with van der Waals surface area (Å²) in [6.07, 6.45) is 0. The summed E-state index contributed by atoms with van der Waals surface area (Å²) < 4.78 is 25.0. The van der Waals surface area contributed by atoms with Crippen LogP contribution in [0.25, 0.3) is 0 Å². The summed E-state index contributed by atoms with van der Waals surface area (Å²) in [7, 11) is -4.01. The van der Waals surface area contributed by atoms with Crippen molar-refractivity contribution in [2.24, 2.45) is 5.92 Å². The molecule has 0 aliphatic rings. The van der Waals surface area contributed by atoms with Crippen molar-refractivity contribution in [3.05, 3.63) is 20.5 Å². The summed E-state index contributed by atoms with van der Waals surface area (Å²) in [4.78, 5) is 20.3. The summed E-state index contributed by atoms with van der Waals surface area (Å²) in [5.41, 5.74) is -0.502. The third-order valence-corrected chi connectivity index (χ3v) is 5.34. The first-order chi connectivity index (χ1) is 8.65. The molecule has 1 unspecified atom stereocenters. The number of aliphatic carboxylic acids is 1. The van der Waals surface area contributed by atoms with E-state index in [-0.39, 0.29) is 15.1 Å². The lowest BCUT2D eigenvalue weighted by molar-refractivity contribution is -0.384. The molecule has 0 aromatic carbocycles. The van der Waals surface area contributed by atoms with E-state index in [1.165, 1.54) is 6.92 Å². The lowest BCUT2D eigenvalue weighted by Crippen LogP contribution is -2.31. The fraction of sp³-hybridized carbons (Fsp3) is 0.375. The SMILES string of the molecule is CC(CNS(=O)(=O)c1cc([N+](=O)[O-])c(Cl)s1)C(=O)O. The first-order valence-corrected chi connectivity index (χ1v) is 7.49. The average Bonchev–Trinajstić information content (AvgIpc) is 2.69. The third kappa shape index (κ3) is 3.86. The molecule has 19 heavy (non-hydrogen) atoms. The van der Waals surface area contributed by atoms with Crippen LogP contribution in [0.4, 0.5) is 5.69 Å². The van der Waals surface area contributed by atoms with Gasteiger partial charge in [-0.3, -0.25) is 14.9 Å². The molecule has 11 heteroatoms. The summed E-state index contributed by atoms with van der Waals surface area (Å²) in [6.45, 7) is 1.01. The summed E-state index contributed by atoms with van der Waals surface area (Å²) in [6, 6.07) is 0.834. The number of carboxylic acids is 1. The minimum Gasteiger partial charge on any atom is -0.481 e. The molecule has 0 saturated heterocycles. The highest BCUT2D eigenvalue weighted by atomic mass is 35.5. The van der Waals surface area contributed by atoms with Gasteiger partial charge in [0.1, 0.15) is 4.21 Å². The zero-order valence-corrected chi connectivity index (χ0v) is 11.9. The van der Waals surface area contributed by atoms with Gasteiger partial charge in [0, 0.05) is 12.6 Å². The summed E-state index contributed by atoms with van der Waals surface area (Å²) in [5, 5.41) is 19.2. The maximum atomic E-state index is 11.8. The molecule has 0 radical (unpaired) electrons. The molecule has 1 atom stereocenters. The normalized spacial score (nSPS) is 13.2. The Morgan fingerprint density at radius 1 is 1.68 bits per heavy atom. The first-order valence-electron chi connectivity index (χ1n) is 4.81. The van der Waals surface area contributed by atoms with Gasteiger partial charge in [-0.05, 0) is 0 Å². The Kier molecular flexibility index (Phi) is 4.85. The number of thiophene rings is 1. The van der Waals surface area contributed by atoms with Crippen LogP contribution in [0.15, 0.2) is 10.3 Å². The van der Waals surface area contributed by atoms with Gasteiger partial charge < -0.3 is 5.11 Å². The minimum atomic E-state index is -4.01. The van der Waals surface area contributed by atoms with Crippen LogP contribution in [0.3, 0.4) is 0 Å². The van der Waals surface area contributed by atoms with E-state index in [1.807, 2.05) is 0 Å². The molecule has 1 aromatic heterocycles. The second-order valence-corrected chi connectivity index (χ2v) is 7.22. The van der Waals surface area contributed by atoms with Crippen molar-refractivity contribution in [1.82, 2.24) is 4.72 Å². The van der Waals surface area contributed by atoms with E-state index in [9.17, 15) is 23.3 Å². The molecular weight excluding hydrogens is 320 g/mol. The van der Waals surface area contributed by atoms with Crippen LogP contribution in [0, 0.1) is 16.0 Å². The van der Waals surface area contributed by atoms with Crippen molar-refractivity contribution < 1.29 is 23.2 Å². The van der Waals surface area contributed by atoms with E-state index in [1.54, 1.807) is 0 Å². The zero-order valence-electron chi connectivity index (χ0n) is 9.49. The monoisotopic (exact) mass is 328 g/mol. The van der Waals surface area contributed by atoms with Crippen LogP contribution in [0.1, 0.15) is 6.92 Å². The number of rotatable bonds is 6. The number of nitrogens with one attached hydrogen (secondary N) is 1. The Labute approximate surface area is 117 Å². The van der Waals surface area contributed by atoms with E-state index in [4.69, 9.17) is 16.7 Å². The van der Waals surface area contributed by atoms with Crippen molar-refractivity contribution in [3.8, 4) is 0 Å². The van der Waals surface area contributed by atoms with Crippen molar-refractivity contribution in [1.29, 1.82) is 0 Å². The Morgan fingerprint density at radius 2 is 2.26 bits per heavy atom. The van der Waals surface area contributed by atoms with Crippen LogP contribution in [-0.2, 0) is 14.8 Å². The molecule has 1 rings (SSSR count). The Hall–Kier alpha value is -1.23. The minimum absolute atomic E-state index is 0.253. The van der Waals surface area contributed by atoms with Crippen molar-refractivity contribution in [2.75, 3.05) is 6.54 Å². The fourth-order valence-corrected chi connectivity index (χ4v) is 3.83. The van der Waals surface area contributed by atoms with Gasteiger partial charge in [-0.25, -0.2) is 13.1 Å². The molecule has 0 aliphatic heterocycles. The standard InChI is InChI=1S/C8H9ClN2O6S2/c1-4(8(12)13)3-10-19(16,17)6-2-5(11(14)15)7(9)18-6/h2,4,10H,3H2,1H3,(H,12,13). The zero-order chi connectivity index (χ0) is 14.8. The molecule has 2 N–H and O–H groups in total. The lowest BCUT2D eigenvalue weighted by atomic mass is 10.2. The van der Waals surface area contributed by atoms with Crippen LogP contribution >= 0.6 is 22.9 Å². The molecule has 1 heterocycles. The molecule has 0 aliphatic carbocycles. The third-order valence-electron chi connectivity index (χ3n) is 2.11. The number of carbonyl (C=O) groups is 1. The molecule has 8 nitrogen and oxygen atoms in total. The van der Waals surface area contributed by atoms with Gasteiger partial charge in [0.15, 0.2) is 4.34 Å². The topological polar surface area (TPSA) is 127 Å². The first kappa shape index (κ1) is 15.8. The predicted octanol–water partition coefficient (Wildman–Crippen LogP) is 1.31. The number of sulfonamides is 1. The lowest BCUT2D eigenvalue weighted by Gasteiger charge is -2.07. The Bertz CT molecular complexity index is 611. The molecule has 0 amide bonds. The van der Waals surface area contributed by atoms with E-state index in [0.717, 1.165) is 6.07 Å². The molecule has 0 spiro atoms. The number of hydrogen-bond donors (Lipinski definition) is 2. The number of carboxylic acid groups (broad SMARTS) is 1. The summed E-state index contributed by atoms with van der Waals surface area (Å²) >= 11 is 6.09. The largest absolute Gasteiger partial charge is 0.481 e. The highest BCUT2D eigenvalue weighted by Crippen LogP contribution is 2.36. The number of nitro groups is 1. The average molecular weight is 329 g/mol. The second-order valence-electron chi connectivity index (χ2n) is 3.57. The van der Waals surface area contributed by atoms with Gasteiger partial charge in [0.2, 0.25) is 10.0 Å². The summed E-state index contributed by atoms with van der Waals surface area (Å²) in [5.74, 6) is -2.07. The van der Waals surface area contributed by atoms with E-state index in [2.05, 4.69) is 4.72 Å². The van der Waals surface area contributed by atoms with Gasteiger partial charge in [0.25, 0.3) is 5.69 Å². The molecule has 106 valence electrons. The van der Waals surface area contributed by atoms with E-state index >= 15 is 0 Å². The predicted molar refractivity (Wildman–Crippen MR) is 68.0 cm³/mol. The smallest absolute Gasteiger partial charge is 0.307 e. The van der Waals surface area contributed by atoms with Crippen molar-refractivity contribution in [3.63, 3.8) is 0 Å². The van der Waals surface area contributed by atoms with E-state index < -0.39 is 32.5 Å². The van der Waals surface area contributed by atoms with Crippen LogP contribution in [-0.4, -0.2) is 31.0 Å². The highest BCUT2D eigenvalue weighted by molar-refractivity contribution is 7.91.